The summed E-state index contributed by atoms with van der Waals surface area (Å²) in [5.74, 6) is -1.67. The van der Waals surface area contributed by atoms with Crippen LogP contribution in [0.5, 0.6) is 0 Å². The van der Waals surface area contributed by atoms with E-state index >= 15 is 0 Å². The van der Waals surface area contributed by atoms with Gasteiger partial charge in [-0.3, -0.25) is 18.7 Å². The third kappa shape index (κ3) is 3.26. The van der Waals surface area contributed by atoms with Crippen molar-refractivity contribution in [1.82, 2.24) is 9.13 Å². The van der Waals surface area contributed by atoms with Crippen LogP contribution < -0.4 is 17.0 Å². The zero-order valence-electron chi connectivity index (χ0n) is 17.2. The molecule has 0 atom stereocenters. The molecule has 2 N–H and O–H groups in total. The Balaban J connectivity index is 2.37. The standard InChI is InChI=1S/C20H25N3O5/c1-9-10(2)12(4)15(13(5)11(9)3)19(26)28-8-14(24)16-17(21)22(6)20(27)23(7)18(16)25/h8,21H2,1-7H3. The van der Waals surface area contributed by atoms with Crippen LogP contribution in [0, 0.1) is 34.6 Å². The first kappa shape index (κ1) is 21.1. The maximum absolute atomic E-state index is 12.7. The number of ether oxygens (including phenoxy) is 1. The van der Waals surface area contributed by atoms with E-state index < -0.39 is 29.6 Å². The zero-order chi connectivity index (χ0) is 21.5. The fourth-order valence-corrected chi connectivity index (χ4v) is 3.20. The number of nitrogens with zero attached hydrogens (tertiary/aromatic N) is 2. The highest BCUT2D eigenvalue weighted by Crippen LogP contribution is 2.26. The van der Waals surface area contributed by atoms with E-state index in [4.69, 9.17) is 10.5 Å². The Hall–Kier alpha value is -3.16. The highest BCUT2D eigenvalue weighted by molar-refractivity contribution is 6.02. The van der Waals surface area contributed by atoms with Crippen molar-refractivity contribution >= 4 is 17.6 Å². The van der Waals surface area contributed by atoms with Crippen LogP contribution in [0.2, 0.25) is 0 Å². The van der Waals surface area contributed by atoms with Crippen LogP contribution in [0.25, 0.3) is 0 Å². The van der Waals surface area contributed by atoms with E-state index in [0.29, 0.717) is 5.56 Å². The molecule has 0 aliphatic carbocycles. The molecule has 0 saturated carbocycles. The number of rotatable bonds is 4. The Morgan fingerprint density at radius 1 is 0.821 bits per heavy atom. The summed E-state index contributed by atoms with van der Waals surface area (Å²) >= 11 is 0. The predicted octanol–water partition coefficient (Wildman–Crippen LogP) is 1.25. The topological polar surface area (TPSA) is 113 Å². The van der Waals surface area contributed by atoms with Crippen LogP contribution in [0.1, 0.15) is 48.5 Å². The Kier molecular flexibility index (Phi) is 5.63. The van der Waals surface area contributed by atoms with E-state index in [0.717, 1.165) is 37.0 Å². The number of benzene rings is 1. The third-order valence-corrected chi connectivity index (χ3v) is 5.53. The zero-order valence-corrected chi connectivity index (χ0v) is 17.2. The Morgan fingerprint density at radius 2 is 1.29 bits per heavy atom. The molecule has 1 heterocycles. The van der Waals surface area contributed by atoms with Gasteiger partial charge in [0.2, 0.25) is 5.78 Å². The minimum atomic E-state index is -0.823. The van der Waals surface area contributed by atoms with Gasteiger partial charge >= 0.3 is 11.7 Å². The van der Waals surface area contributed by atoms with E-state index in [1.807, 2.05) is 34.6 Å². The van der Waals surface area contributed by atoms with Gasteiger partial charge in [0, 0.05) is 14.1 Å². The van der Waals surface area contributed by atoms with Crippen molar-refractivity contribution in [1.29, 1.82) is 0 Å². The fraction of sp³-hybridized carbons (Fsp3) is 0.400. The summed E-state index contributed by atoms with van der Waals surface area (Å²) in [6.07, 6.45) is 0. The van der Waals surface area contributed by atoms with Crippen LogP contribution in [-0.2, 0) is 18.8 Å². The van der Waals surface area contributed by atoms with Gasteiger partial charge in [0.05, 0.1) is 5.56 Å². The maximum Gasteiger partial charge on any atom is 0.339 e. The summed E-state index contributed by atoms with van der Waals surface area (Å²) in [5.41, 5.74) is 8.98. The quantitative estimate of drug-likeness (QED) is 0.624. The molecule has 28 heavy (non-hydrogen) atoms. The minimum absolute atomic E-state index is 0.261. The molecule has 0 aliphatic rings. The second kappa shape index (κ2) is 7.46. The molecule has 8 heteroatoms. The minimum Gasteiger partial charge on any atom is -0.454 e. The molecule has 0 spiro atoms. The Labute approximate surface area is 162 Å². The first-order valence-corrected chi connectivity index (χ1v) is 8.74. The lowest BCUT2D eigenvalue weighted by Crippen LogP contribution is -2.42. The highest BCUT2D eigenvalue weighted by Gasteiger charge is 2.24. The predicted molar refractivity (Wildman–Crippen MR) is 106 cm³/mol. The van der Waals surface area contributed by atoms with E-state index in [2.05, 4.69) is 0 Å². The van der Waals surface area contributed by atoms with Gasteiger partial charge in [-0.1, -0.05) is 0 Å². The van der Waals surface area contributed by atoms with Crippen molar-refractivity contribution < 1.29 is 14.3 Å². The molecule has 0 bridgehead atoms. The molecular weight excluding hydrogens is 362 g/mol. The molecule has 1 aromatic heterocycles. The van der Waals surface area contributed by atoms with Gasteiger partial charge in [-0.25, -0.2) is 9.59 Å². The van der Waals surface area contributed by atoms with Gasteiger partial charge < -0.3 is 10.5 Å². The van der Waals surface area contributed by atoms with Crippen molar-refractivity contribution in [3.63, 3.8) is 0 Å². The molecule has 0 aliphatic heterocycles. The molecular formula is C20H25N3O5. The molecule has 0 radical (unpaired) electrons. The van der Waals surface area contributed by atoms with E-state index in [1.165, 1.54) is 14.1 Å². The summed E-state index contributed by atoms with van der Waals surface area (Å²) in [6.45, 7) is 8.84. The van der Waals surface area contributed by atoms with Crippen molar-refractivity contribution in [2.75, 3.05) is 12.3 Å². The number of nitrogen functional groups attached to an aromatic ring is 1. The Morgan fingerprint density at radius 3 is 1.79 bits per heavy atom. The SMILES string of the molecule is Cc1c(C)c(C)c(C(=O)OCC(=O)c2c(N)n(C)c(=O)n(C)c2=O)c(C)c1C. The van der Waals surface area contributed by atoms with E-state index in [-0.39, 0.29) is 11.4 Å². The van der Waals surface area contributed by atoms with Crippen molar-refractivity contribution in [2.45, 2.75) is 34.6 Å². The molecule has 2 aromatic rings. The Bertz CT molecular complexity index is 1090. The number of ketones is 1. The molecule has 150 valence electrons. The number of hydrogen-bond acceptors (Lipinski definition) is 6. The molecule has 0 amide bonds. The highest BCUT2D eigenvalue weighted by atomic mass is 16.5. The number of aromatic nitrogens is 2. The molecule has 0 saturated heterocycles. The number of esters is 1. The summed E-state index contributed by atoms with van der Waals surface area (Å²) in [5, 5.41) is 0. The number of hydrogen-bond donors (Lipinski definition) is 1. The number of carbonyl (C=O) groups excluding carboxylic acids is 2. The third-order valence-electron chi connectivity index (χ3n) is 5.53. The lowest BCUT2D eigenvalue weighted by molar-refractivity contribution is 0.0472. The van der Waals surface area contributed by atoms with Crippen LogP contribution >= 0.6 is 0 Å². The summed E-state index contributed by atoms with van der Waals surface area (Å²) in [4.78, 5) is 49.3. The monoisotopic (exact) mass is 387 g/mol. The van der Waals surface area contributed by atoms with Gasteiger partial charge in [0.15, 0.2) is 6.61 Å². The van der Waals surface area contributed by atoms with Crippen LogP contribution in [0.3, 0.4) is 0 Å². The fourth-order valence-electron chi connectivity index (χ4n) is 3.20. The second-order valence-corrected chi connectivity index (χ2v) is 6.97. The van der Waals surface area contributed by atoms with Crippen molar-refractivity contribution in [3.05, 3.63) is 59.8 Å². The first-order chi connectivity index (χ1) is 12.9. The molecule has 0 fully saturated rings. The van der Waals surface area contributed by atoms with Crippen LogP contribution in [-0.4, -0.2) is 27.5 Å². The van der Waals surface area contributed by atoms with E-state index in [1.54, 1.807) is 0 Å². The van der Waals surface area contributed by atoms with Gasteiger partial charge in [0.1, 0.15) is 11.4 Å². The van der Waals surface area contributed by atoms with Gasteiger partial charge in [-0.05, 0) is 62.4 Å². The van der Waals surface area contributed by atoms with E-state index in [9.17, 15) is 19.2 Å². The van der Waals surface area contributed by atoms with Crippen LogP contribution in [0.4, 0.5) is 5.82 Å². The number of anilines is 1. The average molecular weight is 387 g/mol. The molecule has 0 unspecified atom stereocenters. The summed E-state index contributed by atoms with van der Waals surface area (Å²) in [6, 6.07) is 0. The summed E-state index contributed by atoms with van der Waals surface area (Å²) < 4.78 is 6.98. The van der Waals surface area contributed by atoms with Gasteiger partial charge in [0.25, 0.3) is 5.56 Å². The van der Waals surface area contributed by atoms with Gasteiger partial charge in [-0.15, -0.1) is 0 Å². The summed E-state index contributed by atoms with van der Waals surface area (Å²) in [7, 11) is 2.60. The molecule has 2 rings (SSSR count). The first-order valence-electron chi connectivity index (χ1n) is 8.74. The number of carbonyl (C=O) groups is 2. The molecule has 1 aromatic carbocycles. The second-order valence-electron chi connectivity index (χ2n) is 6.97. The number of nitrogens with two attached hydrogens (primary N) is 1. The molecule has 8 nitrogen and oxygen atoms in total. The smallest absolute Gasteiger partial charge is 0.339 e. The van der Waals surface area contributed by atoms with Crippen LogP contribution in [0.15, 0.2) is 9.59 Å². The lowest BCUT2D eigenvalue weighted by Gasteiger charge is -2.17. The number of Topliss-reactive ketones (excluding diaryl/α,β-unsaturated/α-hetero) is 1. The average Bonchev–Trinajstić information content (AvgIpc) is 2.66. The maximum atomic E-state index is 12.7. The van der Waals surface area contributed by atoms with Crippen molar-refractivity contribution in [3.8, 4) is 0 Å². The largest absolute Gasteiger partial charge is 0.454 e. The van der Waals surface area contributed by atoms with Crippen molar-refractivity contribution in [2.24, 2.45) is 14.1 Å². The normalized spacial score (nSPS) is 10.8. The lowest BCUT2D eigenvalue weighted by atomic mass is 9.90. The van der Waals surface area contributed by atoms with Gasteiger partial charge in [-0.2, -0.15) is 0 Å².